The van der Waals surface area contributed by atoms with Gasteiger partial charge in [-0.1, -0.05) is 6.07 Å². The largest absolute Gasteiger partial charge is 0.365 e. The zero-order valence-corrected chi connectivity index (χ0v) is 8.09. The predicted octanol–water partition coefficient (Wildman–Crippen LogP) is 0.336. The average molecular weight is 208 g/mol. The number of hydrogen-bond acceptors (Lipinski definition) is 5. The maximum Gasteiger partial charge on any atom is 0.274 e. The first kappa shape index (κ1) is 11.0. The highest BCUT2D eigenvalue weighted by Crippen LogP contribution is 1.88. The monoisotopic (exact) mass is 208 g/mol. The van der Waals surface area contributed by atoms with Crippen LogP contribution in [0, 0.1) is 10.1 Å². The Morgan fingerprint density at radius 1 is 1.27 bits per heavy atom. The van der Waals surface area contributed by atoms with Crippen LogP contribution in [0.25, 0.3) is 0 Å². The normalized spacial score (nSPS) is 12.9. The van der Waals surface area contributed by atoms with Crippen molar-refractivity contribution in [3.63, 3.8) is 0 Å². The Kier molecular flexibility index (Phi) is 4.65. The Morgan fingerprint density at radius 2 is 1.87 bits per heavy atom. The lowest BCUT2D eigenvalue weighted by Crippen LogP contribution is -2.11. The van der Waals surface area contributed by atoms with E-state index in [1.807, 2.05) is 18.2 Å². The number of rotatable bonds is 1. The molecule has 0 aromatic carbocycles. The molecule has 1 fully saturated rings. The third kappa shape index (κ3) is 5.25. The van der Waals surface area contributed by atoms with E-state index >= 15 is 0 Å². The lowest BCUT2D eigenvalue weighted by atomic mass is 10.5. The van der Waals surface area contributed by atoms with E-state index < -0.39 is 4.92 Å². The Labute approximate surface area is 87.2 Å². The third-order valence-corrected chi connectivity index (χ3v) is 1.56. The first-order chi connectivity index (χ1) is 7.29. The van der Waals surface area contributed by atoms with Gasteiger partial charge in [-0.2, -0.15) is 0 Å². The summed E-state index contributed by atoms with van der Waals surface area (Å²) in [4.78, 5) is 13.1. The van der Waals surface area contributed by atoms with E-state index in [2.05, 4.69) is 15.6 Å². The van der Waals surface area contributed by atoms with Gasteiger partial charge >= 0.3 is 0 Å². The molecule has 80 valence electrons. The fourth-order valence-corrected chi connectivity index (χ4v) is 0.966. The number of nitro groups is 1. The molecule has 2 N–H and O–H groups in total. The SMILES string of the molecule is O=[N+]([O-])C=C1NCCN1.c1ccncc1. The summed E-state index contributed by atoms with van der Waals surface area (Å²) >= 11 is 0. The minimum atomic E-state index is -0.485. The highest BCUT2D eigenvalue weighted by atomic mass is 16.6. The van der Waals surface area contributed by atoms with Gasteiger partial charge in [0.1, 0.15) is 0 Å². The van der Waals surface area contributed by atoms with Crippen LogP contribution in [0.1, 0.15) is 0 Å². The van der Waals surface area contributed by atoms with Crippen LogP contribution in [0.4, 0.5) is 0 Å². The maximum absolute atomic E-state index is 9.80. The fourth-order valence-electron chi connectivity index (χ4n) is 0.966. The molecule has 15 heavy (non-hydrogen) atoms. The third-order valence-electron chi connectivity index (χ3n) is 1.56. The Balaban J connectivity index is 0.000000162. The van der Waals surface area contributed by atoms with Gasteiger partial charge in [-0.15, -0.1) is 0 Å². The molecule has 2 rings (SSSR count). The van der Waals surface area contributed by atoms with Crippen LogP contribution < -0.4 is 10.6 Å². The summed E-state index contributed by atoms with van der Waals surface area (Å²) < 4.78 is 0. The van der Waals surface area contributed by atoms with Gasteiger partial charge in [0.15, 0.2) is 5.82 Å². The first-order valence-electron chi connectivity index (χ1n) is 4.47. The van der Waals surface area contributed by atoms with Crippen molar-refractivity contribution in [2.24, 2.45) is 0 Å². The quantitative estimate of drug-likeness (QED) is 0.513. The molecule has 0 aliphatic carbocycles. The number of aromatic nitrogens is 1. The second-order valence-electron chi connectivity index (χ2n) is 2.71. The van der Waals surface area contributed by atoms with Crippen molar-refractivity contribution in [3.8, 4) is 0 Å². The van der Waals surface area contributed by atoms with Gasteiger partial charge in [-0.3, -0.25) is 15.1 Å². The van der Waals surface area contributed by atoms with E-state index in [1.54, 1.807) is 12.4 Å². The number of hydrogen-bond donors (Lipinski definition) is 2. The number of nitrogens with zero attached hydrogens (tertiary/aromatic N) is 2. The van der Waals surface area contributed by atoms with E-state index in [0.717, 1.165) is 19.3 Å². The molecule has 0 atom stereocenters. The van der Waals surface area contributed by atoms with Gasteiger partial charge in [-0.25, -0.2) is 0 Å². The van der Waals surface area contributed by atoms with Crippen molar-refractivity contribution in [3.05, 3.63) is 52.7 Å². The zero-order chi connectivity index (χ0) is 10.9. The molecule has 1 aliphatic rings. The molecule has 1 aromatic heterocycles. The highest BCUT2D eigenvalue weighted by Gasteiger charge is 2.06. The minimum Gasteiger partial charge on any atom is -0.365 e. The summed E-state index contributed by atoms with van der Waals surface area (Å²) in [5.41, 5.74) is 0. The summed E-state index contributed by atoms with van der Waals surface area (Å²) in [6.07, 6.45) is 4.42. The van der Waals surface area contributed by atoms with Gasteiger partial charge in [0.2, 0.25) is 0 Å². The molecule has 0 amide bonds. The van der Waals surface area contributed by atoms with Crippen LogP contribution in [-0.2, 0) is 0 Å². The second-order valence-corrected chi connectivity index (χ2v) is 2.71. The molecule has 0 spiro atoms. The topological polar surface area (TPSA) is 80.1 Å². The molecule has 0 radical (unpaired) electrons. The average Bonchev–Trinajstić information content (AvgIpc) is 2.73. The minimum absolute atomic E-state index is 0.485. The van der Waals surface area contributed by atoms with Gasteiger partial charge in [-0.05, 0) is 12.1 Å². The molecule has 1 saturated heterocycles. The summed E-state index contributed by atoms with van der Waals surface area (Å²) in [5.74, 6) is 0.500. The van der Waals surface area contributed by atoms with Gasteiger partial charge in [0.05, 0.1) is 4.92 Å². The molecule has 1 aromatic rings. The van der Waals surface area contributed by atoms with Crippen LogP contribution in [-0.4, -0.2) is 23.0 Å². The van der Waals surface area contributed by atoms with Crippen molar-refractivity contribution in [2.45, 2.75) is 0 Å². The summed E-state index contributed by atoms with van der Waals surface area (Å²) in [7, 11) is 0. The summed E-state index contributed by atoms with van der Waals surface area (Å²) in [6, 6.07) is 5.72. The molecule has 0 saturated carbocycles. The molecule has 6 heteroatoms. The molecular formula is C9H12N4O2. The number of pyridine rings is 1. The van der Waals surface area contributed by atoms with Gasteiger partial charge in [0, 0.05) is 25.5 Å². The standard InChI is InChI=1S/C5H5N.C4H7N3O2/c1-2-4-6-5-3-1;8-7(9)3-4-5-1-2-6-4/h1-5H;3,5-6H,1-2H2. The molecule has 2 heterocycles. The Morgan fingerprint density at radius 3 is 2.20 bits per heavy atom. The van der Waals surface area contributed by atoms with Crippen LogP contribution in [0.2, 0.25) is 0 Å². The van der Waals surface area contributed by atoms with Crippen LogP contribution in [0.3, 0.4) is 0 Å². The van der Waals surface area contributed by atoms with E-state index in [4.69, 9.17) is 0 Å². The molecular weight excluding hydrogens is 196 g/mol. The van der Waals surface area contributed by atoms with Crippen molar-refractivity contribution in [2.75, 3.05) is 13.1 Å². The van der Waals surface area contributed by atoms with Crippen molar-refractivity contribution >= 4 is 0 Å². The Hall–Kier alpha value is -2.11. The van der Waals surface area contributed by atoms with E-state index in [-0.39, 0.29) is 0 Å². The summed E-state index contributed by atoms with van der Waals surface area (Å²) in [5, 5.41) is 15.4. The van der Waals surface area contributed by atoms with Crippen molar-refractivity contribution < 1.29 is 4.92 Å². The second kappa shape index (κ2) is 6.36. The van der Waals surface area contributed by atoms with E-state index in [0.29, 0.717) is 5.82 Å². The lowest BCUT2D eigenvalue weighted by molar-refractivity contribution is -0.403. The van der Waals surface area contributed by atoms with E-state index in [1.165, 1.54) is 0 Å². The molecule has 1 aliphatic heterocycles. The van der Waals surface area contributed by atoms with Gasteiger partial charge < -0.3 is 10.6 Å². The van der Waals surface area contributed by atoms with Crippen molar-refractivity contribution in [1.29, 1.82) is 0 Å². The smallest absolute Gasteiger partial charge is 0.274 e. The van der Waals surface area contributed by atoms with Gasteiger partial charge in [0.25, 0.3) is 6.20 Å². The first-order valence-corrected chi connectivity index (χ1v) is 4.47. The fraction of sp³-hybridized carbons (Fsp3) is 0.222. The number of nitrogens with one attached hydrogen (secondary N) is 2. The Bertz CT molecular complexity index is 291. The summed E-state index contributed by atoms with van der Waals surface area (Å²) in [6.45, 7) is 1.53. The van der Waals surface area contributed by atoms with Crippen LogP contribution in [0.15, 0.2) is 42.6 Å². The maximum atomic E-state index is 9.80. The van der Waals surface area contributed by atoms with Crippen molar-refractivity contribution in [1.82, 2.24) is 15.6 Å². The predicted molar refractivity (Wildman–Crippen MR) is 55.3 cm³/mol. The van der Waals surface area contributed by atoms with Crippen LogP contribution >= 0.6 is 0 Å². The zero-order valence-electron chi connectivity index (χ0n) is 8.09. The molecule has 6 nitrogen and oxygen atoms in total. The highest BCUT2D eigenvalue weighted by molar-refractivity contribution is 4.96. The van der Waals surface area contributed by atoms with Crippen LogP contribution in [0.5, 0.6) is 0 Å². The molecule has 0 bridgehead atoms. The lowest BCUT2D eigenvalue weighted by Gasteiger charge is -1.90. The molecule has 0 unspecified atom stereocenters. The van der Waals surface area contributed by atoms with E-state index in [9.17, 15) is 10.1 Å².